The van der Waals surface area contributed by atoms with E-state index in [4.69, 9.17) is 4.74 Å². The maximum Gasteiger partial charge on any atom is 0.223 e. The molecule has 0 unspecified atom stereocenters. The van der Waals surface area contributed by atoms with Gasteiger partial charge in [-0.15, -0.1) is 0 Å². The Morgan fingerprint density at radius 2 is 1.96 bits per heavy atom. The number of nitrogens with one attached hydrogen (secondary N) is 1. The van der Waals surface area contributed by atoms with Crippen LogP contribution in [0, 0.1) is 5.92 Å². The summed E-state index contributed by atoms with van der Waals surface area (Å²) >= 11 is 0. The molecule has 0 bridgehead atoms. The van der Waals surface area contributed by atoms with E-state index in [1.54, 1.807) is 25.7 Å². The molecule has 1 aliphatic heterocycles. The van der Waals surface area contributed by atoms with Gasteiger partial charge in [-0.25, -0.2) is 4.98 Å². The highest BCUT2D eigenvalue weighted by atomic mass is 16.5. The number of carbonyl (C=O) groups excluding carboxylic acids is 1. The van der Waals surface area contributed by atoms with Crippen molar-refractivity contribution in [3.63, 3.8) is 0 Å². The van der Waals surface area contributed by atoms with Gasteiger partial charge in [0, 0.05) is 38.5 Å². The van der Waals surface area contributed by atoms with Crippen LogP contribution in [-0.4, -0.2) is 48.2 Å². The van der Waals surface area contributed by atoms with Crippen molar-refractivity contribution in [2.75, 3.05) is 25.1 Å². The molecule has 1 aromatic heterocycles. The number of hydrogen-bond acceptors (Lipinski definition) is 5. The number of methoxy groups -OCH3 is 1. The molecule has 0 spiro atoms. The summed E-state index contributed by atoms with van der Waals surface area (Å²) in [5.41, 5.74) is 0. The maximum absolute atomic E-state index is 12.7. The number of piperidine rings is 1. The highest BCUT2D eigenvalue weighted by Crippen LogP contribution is 2.24. The van der Waals surface area contributed by atoms with E-state index in [0.29, 0.717) is 0 Å². The summed E-state index contributed by atoms with van der Waals surface area (Å²) < 4.78 is 5.61. The molecule has 0 radical (unpaired) electrons. The monoisotopic (exact) mass is 332 g/mol. The second-order valence-corrected chi connectivity index (χ2v) is 6.85. The van der Waals surface area contributed by atoms with Crippen LogP contribution in [0.1, 0.15) is 44.9 Å². The van der Waals surface area contributed by atoms with Gasteiger partial charge in [0.15, 0.2) is 0 Å². The normalized spacial score (nSPS) is 26.0. The Kier molecular flexibility index (Phi) is 6.01. The largest absolute Gasteiger partial charge is 0.379 e. The third-order valence-electron chi connectivity index (χ3n) is 5.32. The van der Waals surface area contributed by atoms with Gasteiger partial charge in [0.05, 0.1) is 18.3 Å². The molecule has 1 N–H and O–H groups in total. The Labute approximate surface area is 144 Å². The Morgan fingerprint density at radius 1 is 1.17 bits per heavy atom. The van der Waals surface area contributed by atoms with Crippen LogP contribution in [0.2, 0.25) is 0 Å². The van der Waals surface area contributed by atoms with Crippen LogP contribution in [0.3, 0.4) is 0 Å². The van der Waals surface area contributed by atoms with Gasteiger partial charge in [-0.05, 0) is 25.7 Å². The van der Waals surface area contributed by atoms with Crippen molar-refractivity contribution in [3.8, 4) is 0 Å². The van der Waals surface area contributed by atoms with Gasteiger partial charge in [0.2, 0.25) is 5.91 Å². The summed E-state index contributed by atoms with van der Waals surface area (Å²) in [4.78, 5) is 23.3. The third-order valence-corrected chi connectivity index (χ3v) is 5.32. The molecular weight excluding hydrogens is 304 g/mol. The average molecular weight is 332 g/mol. The molecule has 6 nitrogen and oxygen atoms in total. The zero-order valence-electron chi connectivity index (χ0n) is 14.5. The molecule has 132 valence electrons. The van der Waals surface area contributed by atoms with Crippen molar-refractivity contribution in [1.82, 2.24) is 15.3 Å². The molecule has 2 atom stereocenters. The Balaban J connectivity index is 1.51. The van der Waals surface area contributed by atoms with Crippen molar-refractivity contribution in [1.29, 1.82) is 0 Å². The highest BCUT2D eigenvalue weighted by Gasteiger charge is 2.30. The topological polar surface area (TPSA) is 67.3 Å². The van der Waals surface area contributed by atoms with Crippen molar-refractivity contribution in [2.24, 2.45) is 5.92 Å². The number of amides is 1. The van der Waals surface area contributed by atoms with E-state index in [2.05, 4.69) is 20.2 Å². The van der Waals surface area contributed by atoms with E-state index in [9.17, 15) is 4.79 Å². The first-order valence-corrected chi connectivity index (χ1v) is 9.12. The molecule has 1 aliphatic carbocycles. The molecule has 2 fully saturated rings. The first-order valence-electron chi connectivity index (χ1n) is 9.12. The Bertz CT molecular complexity index is 517. The molecule has 2 heterocycles. The van der Waals surface area contributed by atoms with Crippen molar-refractivity contribution in [2.45, 2.75) is 57.1 Å². The van der Waals surface area contributed by atoms with Gasteiger partial charge in [0.1, 0.15) is 5.82 Å². The van der Waals surface area contributed by atoms with Crippen LogP contribution in [0.4, 0.5) is 5.82 Å². The minimum absolute atomic E-state index is 0.0960. The van der Waals surface area contributed by atoms with Crippen LogP contribution in [0.25, 0.3) is 0 Å². The molecule has 2 aliphatic rings. The molecule has 3 rings (SSSR count). The van der Waals surface area contributed by atoms with Crippen LogP contribution >= 0.6 is 0 Å². The van der Waals surface area contributed by atoms with E-state index in [1.807, 2.05) is 0 Å². The van der Waals surface area contributed by atoms with Crippen LogP contribution in [-0.2, 0) is 9.53 Å². The lowest BCUT2D eigenvalue weighted by atomic mass is 9.94. The third kappa shape index (κ3) is 4.23. The Hall–Kier alpha value is -1.69. The number of anilines is 1. The highest BCUT2D eigenvalue weighted by molar-refractivity contribution is 5.79. The van der Waals surface area contributed by atoms with Gasteiger partial charge >= 0.3 is 0 Å². The van der Waals surface area contributed by atoms with E-state index in [1.165, 1.54) is 19.3 Å². The second-order valence-electron chi connectivity index (χ2n) is 6.85. The van der Waals surface area contributed by atoms with Crippen molar-refractivity contribution in [3.05, 3.63) is 18.6 Å². The fourth-order valence-electron chi connectivity index (χ4n) is 3.85. The number of carbonyl (C=O) groups is 1. The summed E-state index contributed by atoms with van der Waals surface area (Å²) in [6.07, 6.45) is 12.8. The minimum Gasteiger partial charge on any atom is -0.379 e. The molecule has 0 aromatic carbocycles. The van der Waals surface area contributed by atoms with Crippen molar-refractivity contribution < 1.29 is 9.53 Å². The molecule has 1 amide bonds. The SMILES string of the molecule is CO[C@@H]1CCCCC[C@@H]1NC(=O)C1CCN(c2cnccn2)CC1. The number of aromatic nitrogens is 2. The summed E-state index contributed by atoms with van der Waals surface area (Å²) in [7, 11) is 1.76. The van der Waals surface area contributed by atoms with Gasteiger partial charge in [-0.1, -0.05) is 19.3 Å². The van der Waals surface area contributed by atoms with Gasteiger partial charge in [-0.2, -0.15) is 0 Å². The zero-order chi connectivity index (χ0) is 16.8. The second kappa shape index (κ2) is 8.42. The quantitative estimate of drug-likeness (QED) is 0.856. The van der Waals surface area contributed by atoms with Crippen LogP contribution in [0.15, 0.2) is 18.6 Å². The molecular formula is C18H28N4O2. The lowest BCUT2D eigenvalue weighted by Crippen LogP contribution is -2.48. The number of hydrogen-bond donors (Lipinski definition) is 1. The molecule has 1 aromatic rings. The summed E-state index contributed by atoms with van der Waals surface area (Å²) in [5.74, 6) is 1.20. The fraction of sp³-hybridized carbons (Fsp3) is 0.722. The standard InChI is InChI=1S/C18H28N4O2/c1-24-16-6-4-2-3-5-15(16)21-18(23)14-7-11-22(12-8-14)17-13-19-9-10-20-17/h9-10,13-16H,2-8,11-12H2,1H3,(H,21,23)/t15-,16+/m0/s1. The van der Waals surface area contributed by atoms with Crippen LogP contribution in [0.5, 0.6) is 0 Å². The molecule has 1 saturated carbocycles. The number of rotatable bonds is 4. The predicted molar refractivity (Wildman–Crippen MR) is 92.8 cm³/mol. The summed E-state index contributed by atoms with van der Waals surface area (Å²) in [6.45, 7) is 1.71. The Morgan fingerprint density at radius 3 is 2.67 bits per heavy atom. The summed E-state index contributed by atoms with van der Waals surface area (Å²) in [5, 5.41) is 3.27. The average Bonchev–Trinajstić information content (AvgIpc) is 2.87. The van der Waals surface area contributed by atoms with Gasteiger partial charge < -0.3 is 15.0 Å². The van der Waals surface area contributed by atoms with Crippen LogP contribution < -0.4 is 10.2 Å². The number of ether oxygens (including phenoxy) is 1. The van der Waals surface area contributed by atoms with E-state index in [-0.39, 0.29) is 24.0 Å². The minimum atomic E-state index is 0.0960. The van der Waals surface area contributed by atoms with E-state index in [0.717, 1.165) is 44.6 Å². The number of nitrogens with zero attached hydrogens (tertiary/aromatic N) is 3. The fourth-order valence-corrected chi connectivity index (χ4v) is 3.85. The zero-order valence-corrected chi connectivity index (χ0v) is 14.5. The van der Waals surface area contributed by atoms with E-state index >= 15 is 0 Å². The lowest BCUT2D eigenvalue weighted by molar-refractivity contribution is -0.127. The maximum atomic E-state index is 12.7. The van der Waals surface area contributed by atoms with Gasteiger partial charge in [-0.3, -0.25) is 9.78 Å². The van der Waals surface area contributed by atoms with Gasteiger partial charge in [0.25, 0.3) is 0 Å². The lowest BCUT2D eigenvalue weighted by Gasteiger charge is -2.33. The first kappa shape index (κ1) is 17.1. The first-order chi connectivity index (χ1) is 11.8. The van der Waals surface area contributed by atoms with E-state index < -0.39 is 0 Å². The smallest absolute Gasteiger partial charge is 0.223 e. The molecule has 6 heteroatoms. The molecule has 1 saturated heterocycles. The van der Waals surface area contributed by atoms with Crippen molar-refractivity contribution >= 4 is 11.7 Å². The predicted octanol–water partition coefficient (Wildman–Crippen LogP) is 2.16. The summed E-state index contributed by atoms with van der Waals surface area (Å²) in [6, 6.07) is 0.169. The molecule has 24 heavy (non-hydrogen) atoms.